The molecule has 1 rings (SSSR count). The fraction of sp³-hybridized carbons (Fsp3) is 0.778. The molecule has 1 heterocycles. The van der Waals surface area contributed by atoms with E-state index in [-0.39, 0.29) is 24.3 Å². The van der Waals surface area contributed by atoms with Crippen LogP contribution in [0.3, 0.4) is 0 Å². The molecule has 0 aromatic carbocycles. The number of nitrogens with zero attached hydrogens (tertiary/aromatic N) is 1. The zero-order valence-corrected chi connectivity index (χ0v) is 8.36. The molecule has 2 amide bonds. The number of piperidine rings is 1. The summed E-state index contributed by atoms with van der Waals surface area (Å²) in [5.41, 5.74) is 5.20. The molecule has 0 saturated carbocycles. The summed E-state index contributed by atoms with van der Waals surface area (Å²) >= 11 is 0. The number of hydrogen-bond acceptors (Lipinski definition) is 3. The second-order valence-corrected chi connectivity index (χ2v) is 3.51. The number of rotatable bonds is 3. The molecule has 5 heteroatoms. The van der Waals surface area contributed by atoms with Crippen molar-refractivity contribution in [2.45, 2.75) is 12.8 Å². The molecule has 1 fully saturated rings. The lowest BCUT2D eigenvalue weighted by Crippen LogP contribution is -2.45. The summed E-state index contributed by atoms with van der Waals surface area (Å²) in [6.07, 6.45) is 1.62. The highest BCUT2D eigenvalue weighted by atomic mass is 16.5. The maximum atomic E-state index is 11.4. The van der Waals surface area contributed by atoms with E-state index in [4.69, 9.17) is 10.5 Å². The lowest BCUT2D eigenvalue weighted by atomic mass is 9.97. The Labute approximate surface area is 83.2 Å². The van der Waals surface area contributed by atoms with Gasteiger partial charge < -0.3 is 15.4 Å². The predicted molar refractivity (Wildman–Crippen MR) is 50.4 cm³/mol. The van der Waals surface area contributed by atoms with E-state index < -0.39 is 0 Å². The second kappa shape index (κ2) is 4.95. The van der Waals surface area contributed by atoms with Gasteiger partial charge in [-0.25, -0.2) is 0 Å². The van der Waals surface area contributed by atoms with Crippen molar-refractivity contribution in [3.63, 3.8) is 0 Å². The maximum absolute atomic E-state index is 11.4. The monoisotopic (exact) mass is 200 g/mol. The Kier molecular flexibility index (Phi) is 3.88. The molecule has 1 aliphatic rings. The molecule has 5 nitrogen and oxygen atoms in total. The minimum atomic E-state index is -0.320. The first-order chi connectivity index (χ1) is 6.65. The summed E-state index contributed by atoms with van der Waals surface area (Å²) in [6.45, 7) is 1.22. The smallest absolute Gasteiger partial charge is 0.248 e. The number of carbonyl (C=O) groups excluding carboxylic acids is 2. The molecule has 80 valence electrons. The van der Waals surface area contributed by atoms with Crippen molar-refractivity contribution in [2.24, 2.45) is 11.7 Å². The topological polar surface area (TPSA) is 72.6 Å². The number of likely N-dealkylation sites (tertiary alicyclic amines) is 1. The van der Waals surface area contributed by atoms with Crippen molar-refractivity contribution >= 4 is 11.8 Å². The molecule has 2 N–H and O–H groups in total. The fourth-order valence-corrected chi connectivity index (χ4v) is 1.65. The van der Waals surface area contributed by atoms with Gasteiger partial charge in [0, 0.05) is 20.2 Å². The first-order valence-corrected chi connectivity index (χ1v) is 4.71. The third-order valence-corrected chi connectivity index (χ3v) is 2.44. The van der Waals surface area contributed by atoms with Crippen LogP contribution in [0.4, 0.5) is 0 Å². The molecule has 14 heavy (non-hydrogen) atoms. The van der Waals surface area contributed by atoms with Crippen LogP contribution in [-0.2, 0) is 14.3 Å². The molecule has 0 spiro atoms. The summed E-state index contributed by atoms with van der Waals surface area (Å²) in [7, 11) is 1.48. The summed E-state index contributed by atoms with van der Waals surface area (Å²) < 4.78 is 4.75. The number of nitrogens with two attached hydrogens (primary N) is 1. The van der Waals surface area contributed by atoms with Gasteiger partial charge in [-0.15, -0.1) is 0 Å². The van der Waals surface area contributed by atoms with Crippen LogP contribution in [0.25, 0.3) is 0 Å². The first kappa shape index (κ1) is 11.0. The molecule has 0 aliphatic carbocycles. The Bertz CT molecular complexity index is 230. The average molecular weight is 200 g/mol. The van der Waals surface area contributed by atoms with Crippen molar-refractivity contribution in [3.8, 4) is 0 Å². The quantitative estimate of drug-likeness (QED) is 0.658. The first-order valence-electron chi connectivity index (χ1n) is 4.71. The highest BCUT2D eigenvalue weighted by Crippen LogP contribution is 2.15. The lowest BCUT2D eigenvalue weighted by Gasteiger charge is -2.30. The van der Waals surface area contributed by atoms with Gasteiger partial charge in [0.15, 0.2) is 0 Å². The van der Waals surface area contributed by atoms with Crippen LogP contribution in [0.1, 0.15) is 12.8 Å². The van der Waals surface area contributed by atoms with E-state index in [1.807, 2.05) is 0 Å². The largest absolute Gasteiger partial charge is 0.375 e. The van der Waals surface area contributed by atoms with Crippen molar-refractivity contribution in [1.82, 2.24) is 4.90 Å². The number of hydrogen-bond donors (Lipinski definition) is 1. The summed E-state index contributed by atoms with van der Waals surface area (Å²) in [5, 5.41) is 0. The van der Waals surface area contributed by atoms with Gasteiger partial charge in [0.1, 0.15) is 6.61 Å². The van der Waals surface area contributed by atoms with Gasteiger partial charge in [0.2, 0.25) is 11.8 Å². The number of amides is 2. The number of carbonyl (C=O) groups is 2. The standard InChI is InChI=1S/C9H16N2O3/c1-14-6-8(12)11-4-2-3-7(5-11)9(10)13/h7H,2-6H2,1H3,(H2,10,13)/t7-/m0/s1. The van der Waals surface area contributed by atoms with Gasteiger partial charge in [0.05, 0.1) is 5.92 Å². The van der Waals surface area contributed by atoms with Gasteiger partial charge in [0.25, 0.3) is 0 Å². The molecule has 0 aromatic heterocycles. The molecule has 1 aliphatic heterocycles. The van der Waals surface area contributed by atoms with Crippen LogP contribution in [0, 0.1) is 5.92 Å². The Morgan fingerprint density at radius 1 is 1.57 bits per heavy atom. The molecule has 1 atom stereocenters. The van der Waals surface area contributed by atoms with Gasteiger partial charge in [-0.1, -0.05) is 0 Å². The van der Waals surface area contributed by atoms with Crippen molar-refractivity contribution in [2.75, 3.05) is 26.8 Å². The van der Waals surface area contributed by atoms with E-state index in [1.165, 1.54) is 7.11 Å². The third-order valence-electron chi connectivity index (χ3n) is 2.44. The fourth-order valence-electron chi connectivity index (χ4n) is 1.65. The molecule has 0 bridgehead atoms. The normalized spacial score (nSPS) is 22.1. The highest BCUT2D eigenvalue weighted by Gasteiger charge is 2.26. The van der Waals surface area contributed by atoms with Crippen LogP contribution in [0.15, 0.2) is 0 Å². The Balaban J connectivity index is 2.47. The third kappa shape index (κ3) is 2.70. The van der Waals surface area contributed by atoms with E-state index >= 15 is 0 Å². The molecule has 0 radical (unpaired) electrons. The zero-order valence-electron chi connectivity index (χ0n) is 8.36. The number of ether oxygens (including phenoxy) is 1. The van der Waals surface area contributed by atoms with E-state index in [2.05, 4.69) is 0 Å². The van der Waals surface area contributed by atoms with Crippen LogP contribution in [-0.4, -0.2) is 43.5 Å². The molecule has 0 unspecified atom stereocenters. The minimum absolute atomic E-state index is 0.0709. The SMILES string of the molecule is COCC(=O)N1CCC[C@H](C(N)=O)C1. The Morgan fingerprint density at radius 3 is 2.86 bits per heavy atom. The molecular formula is C9H16N2O3. The lowest BCUT2D eigenvalue weighted by molar-refractivity contribution is -0.138. The summed E-state index contributed by atoms with van der Waals surface area (Å²) in [5.74, 6) is -0.581. The van der Waals surface area contributed by atoms with Crippen LogP contribution in [0.5, 0.6) is 0 Å². The maximum Gasteiger partial charge on any atom is 0.248 e. The van der Waals surface area contributed by atoms with Crippen molar-refractivity contribution < 1.29 is 14.3 Å². The second-order valence-electron chi connectivity index (χ2n) is 3.51. The predicted octanol–water partition coefficient (Wildman–Crippen LogP) is -0.643. The Hall–Kier alpha value is -1.10. The van der Waals surface area contributed by atoms with Crippen LogP contribution >= 0.6 is 0 Å². The van der Waals surface area contributed by atoms with E-state index in [1.54, 1.807) is 4.90 Å². The average Bonchev–Trinajstić information content (AvgIpc) is 2.18. The Morgan fingerprint density at radius 2 is 2.29 bits per heavy atom. The molecular weight excluding hydrogens is 184 g/mol. The van der Waals surface area contributed by atoms with Gasteiger partial charge in [-0.2, -0.15) is 0 Å². The highest BCUT2D eigenvalue weighted by molar-refractivity contribution is 5.80. The van der Waals surface area contributed by atoms with Gasteiger partial charge in [-0.3, -0.25) is 9.59 Å². The van der Waals surface area contributed by atoms with E-state index in [0.29, 0.717) is 13.1 Å². The van der Waals surface area contributed by atoms with Crippen LogP contribution in [0.2, 0.25) is 0 Å². The van der Waals surface area contributed by atoms with E-state index in [9.17, 15) is 9.59 Å². The van der Waals surface area contributed by atoms with Gasteiger partial charge >= 0.3 is 0 Å². The van der Waals surface area contributed by atoms with Crippen molar-refractivity contribution in [3.05, 3.63) is 0 Å². The van der Waals surface area contributed by atoms with E-state index in [0.717, 1.165) is 12.8 Å². The summed E-state index contributed by atoms with van der Waals surface area (Å²) in [4.78, 5) is 24.0. The summed E-state index contributed by atoms with van der Waals surface area (Å²) in [6, 6.07) is 0. The minimum Gasteiger partial charge on any atom is -0.375 e. The number of methoxy groups -OCH3 is 1. The molecule has 1 saturated heterocycles. The van der Waals surface area contributed by atoms with Crippen LogP contribution < -0.4 is 5.73 Å². The van der Waals surface area contributed by atoms with Gasteiger partial charge in [-0.05, 0) is 12.8 Å². The number of primary amides is 1. The zero-order chi connectivity index (χ0) is 10.6. The molecule has 0 aromatic rings. The van der Waals surface area contributed by atoms with Crippen molar-refractivity contribution in [1.29, 1.82) is 0 Å².